The molecule has 2 heterocycles. The summed E-state index contributed by atoms with van der Waals surface area (Å²) >= 11 is 0. The van der Waals surface area contributed by atoms with Crippen LogP contribution in [0.2, 0.25) is 0 Å². The molecule has 1 aromatic rings. The average Bonchev–Trinajstić information content (AvgIpc) is 2.77. The molecule has 2 atom stereocenters. The zero-order chi connectivity index (χ0) is 11.5. The van der Waals surface area contributed by atoms with E-state index in [0.29, 0.717) is 12.6 Å². The number of aromatic nitrogens is 2. The number of ether oxygens (including phenoxy) is 1. The highest BCUT2D eigenvalue weighted by Gasteiger charge is 2.24. The Morgan fingerprint density at radius 1 is 1.69 bits per heavy atom. The SMILES string of the molecule is Cc1cc(NC2CCOC2C)n(CCO)n1. The van der Waals surface area contributed by atoms with Crippen LogP contribution in [-0.2, 0) is 11.3 Å². The number of anilines is 1. The van der Waals surface area contributed by atoms with Gasteiger partial charge in [-0.15, -0.1) is 0 Å². The summed E-state index contributed by atoms with van der Waals surface area (Å²) in [5.74, 6) is 0.967. The van der Waals surface area contributed by atoms with Gasteiger partial charge in [0, 0.05) is 12.7 Å². The van der Waals surface area contributed by atoms with Gasteiger partial charge in [0.05, 0.1) is 31.0 Å². The molecule has 1 aliphatic heterocycles. The summed E-state index contributed by atoms with van der Waals surface area (Å²) in [5.41, 5.74) is 0.961. The lowest BCUT2D eigenvalue weighted by Crippen LogP contribution is -2.28. The molecule has 0 aliphatic carbocycles. The summed E-state index contributed by atoms with van der Waals surface area (Å²) in [4.78, 5) is 0. The van der Waals surface area contributed by atoms with Crippen LogP contribution < -0.4 is 5.32 Å². The number of nitrogens with zero attached hydrogens (tertiary/aromatic N) is 2. The first-order valence-corrected chi connectivity index (χ1v) is 5.74. The Balaban J connectivity index is 2.07. The number of hydrogen-bond donors (Lipinski definition) is 2. The topological polar surface area (TPSA) is 59.3 Å². The van der Waals surface area contributed by atoms with Gasteiger partial charge in [0.15, 0.2) is 0 Å². The second-order valence-corrected chi connectivity index (χ2v) is 4.23. The molecule has 1 fully saturated rings. The molecule has 0 aromatic carbocycles. The molecule has 5 nitrogen and oxygen atoms in total. The summed E-state index contributed by atoms with van der Waals surface area (Å²) in [6.45, 7) is 5.47. The van der Waals surface area contributed by atoms with Crippen LogP contribution in [-0.4, -0.2) is 40.2 Å². The summed E-state index contributed by atoms with van der Waals surface area (Å²) in [6, 6.07) is 2.34. The van der Waals surface area contributed by atoms with Gasteiger partial charge >= 0.3 is 0 Å². The van der Waals surface area contributed by atoms with Crippen LogP contribution in [0, 0.1) is 6.92 Å². The molecular weight excluding hydrogens is 206 g/mol. The molecule has 1 saturated heterocycles. The van der Waals surface area contributed by atoms with Crippen molar-refractivity contribution < 1.29 is 9.84 Å². The minimum atomic E-state index is 0.104. The second-order valence-electron chi connectivity index (χ2n) is 4.23. The summed E-state index contributed by atoms with van der Waals surface area (Å²) < 4.78 is 7.31. The van der Waals surface area contributed by atoms with Crippen LogP contribution >= 0.6 is 0 Å². The van der Waals surface area contributed by atoms with Crippen LogP contribution in [0.1, 0.15) is 19.0 Å². The highest BCUT2D eigenvalue weighted by molar-refractivity contribution is 5.38. The number of aliphatic hydroxyl groups is 1. The fourth-order valence-electron chi connectivity index (χ4n) is 2.04. The number of nitrogens with one attached hydrogen (secondary N) is 1. The molecule has 2 rings (SSSR count). The number of rotatable bonds is 4. The fraction of sp³-hybridized carbons (Fsp3) is 0.727. The largest absolute Gasteiger partial charge is 0.394 e. The van der Waals surface area contributed by atoms with Crippen molar-refractivity contribution in [3.63, 3.8) is 0 Å². The minimum absolute atomic E-state index is 0.104. The van der Waals surface area contributed by atoms with E-state index in [1.165, 1.54) is 0 Å². The predicted molar refractivity (Wildman–Crippen MR) is 61.5 cm³/mol. The average molecular weight is 225 g/mol. The Hall–Kier alpha value is -1.07. The van der Waals surface area contributed by atoms with Gasteiger partial charge in [-0.25, -0.2) is 4.68 Å². The third-order valence-electron chi connectivity index (χ3n) is 2.92. The maximum absolute atomic E-state index is 8.95. The monoisotopic (exact) mass is 225 g/mol. The number of aryl methyl sites for hydroxylation is 1. The summed E-state index contributed by atoms with van der Waals surface area (Å²) in [5, 5.41) is 16.7. The highest BCUT2D eigenvalue weighted by atomic mass is 16.5. The van der Waals surface area contributed by atoms with E-state index < -0.39 is 0 Å². The van der Waals surface area contributed by atoms with Crippen molar-refractivity contribution in [1.29, 1.82) is 0 Å². The van der Waals surface area contributed by atoms with Crippen LogP contribution in [0.4, 0.5) is 5.82 Å². The van der Waals surface area contributed by atoms with Crippen LogP contribution in [0.3, 0.4) is 0 Å². The van der Waals surface area contributed by atoms with Gasteiger partial charge in [-0.05, 0) is 20.3 Å². The zero-order valence-electron chi connectivity index (χ0n) is 9.81. The van der Waals surface area contributed by atoms with Gasteiger partial charge in [-0.1, -0.05) is 0 Å². The second kappa shape index (κ2) is 4.84. The Morgan fingerprint density at radius 2 is 2.50 bits per heavy atom. The van der Waals surface area contributed by atoms with E-state index in [1.807, 2.05) is 13.0 Å². The Kier molecular flexibility index (Phi) is 3.46. The lowest BCUT2D eigenvalue weighted by molar-refractivity contribution is 0.121. The van der Waals surface area contributed by atoms with Crippen LogP contribution in [0.15, 0.2) is 6.07 Å². The third kappa shape index (κ3) is 2.36. The van der Waals surface area contributed by atoms with Crippen molar-refractivity contribution in [2.24, 2.45) is 0 Å². The van der Waals surface area contributed by atoms with Crippen LogP contribution in [0.25, 0.3) is 0 Å². The first kappa shape index (κ1) is 11.4. The molecule has 0 amide bonds. The maximum Gasteiger partial charge on any atom is 0.124 e. The molecule has 0 saturated carbocycles. The van der Waals surface area contributed by atoms with E-state index >= 15 is 0 Å². The molecule has 0 bridgehead atoms. The molecule has 0 radical (unpaired) electrons. The van der Waals surface area contributed by atoms with Gasteiger partial charge in [0.1, 0.15) is 5.82 Å². The zero-order valence-corrected chi connectivity index (χ0v) is 9.81. The molecule has 1 aromatic heterocycles. The van der Waals surface area contributed by atoms with E-state index in [9.17, 15) is 0 Å². The lowest BCUT2D eigenvalue weighted by Gasteiger charge is -2.17. The van der Waals surface area contributed by atoms with Crippen molar-refractivity contribution >= 4 is 5.82 Å². The normalized spacial score (nSPS) is 24.9. The smallest absolute Gasteiger partial charge is 0.124 e. The molecule has 0 spiro atoms. The fourth-order valence-corrected chi connectivity index (χ4v) is 2.04. The van der Waals surface area contributed by atoms with Gasteiger partial charge in [-0.2, -0.15) is 5.10 Å². The molecule has 1 aliphatic rings. The Labute approximate surface area is 95.4 Å². The van der Waals surface area contributed by atoms with E-state index in [0.717, 1.165) is 24.5 Å². The van der Waals surface area contributed by atoms with E-state index in [2.05, 4.69) is 17.3 Å². The molecule has 90 valence electrons. The quantitative estimate of drug-likeness (QED) is 0.794. The molecule has 16 heavy (non-hydrogen) atoms. The summed E-state index contributed by atoms with van der Waals surface area (Å²) in [7, 11) is 0. The van der Waals surface area contributed by atoms with Gasteiger partial charge in [0.2, 0.25) is 0 Å². The third-order valence-corrected chi connectivity index (χ3v) is 2.92. The first-order chi connectivity index (χ1) is 7.70. The van der Waals surface area contributed by atoms with E-state index in [1.54, 1.807) is 4.68 Å². The predicted octanol–water partition coefficient (Wildman–Crippen LogP) is 0.773. The first-order valence-electron chi connectivity index (χ1n) is 5.74. The van der Waals surface area contributed by atoms with Crippen molar-refractivity contribution in [3.05, 3.63) is 11.8 Å². The van der Waals surface area contributed by atoms with Gasteiger partial charge in [0.25, 0.3) is 0 Å². The maximum atomic E-state index is 8.95. The molecule has 2 N–H and O–H groups in total. The van der Waals surface area contributed by atoms with Gasteiger partial charge < -0.3 is 15.2 Å². The lowest BCUT2D eigenvalue weighted by atomic mass is 10.1. The Morgan fingerprint density at radius 3 is 3.12 bits per heavy atom. The van der Waals surface area contributed by atoms with Crippen molar-refractivity contribution in [2.45, 2.75) is 39.0 Å². The highest BCUT2D eigenvalue weighted by Crippen LogP contribution is 2.19. The van der Waals surface area contributed by atoms with E-state index in [4.69, 9.17) is 9.84 Å². The minimum Gasteiger partial charge on any atom is -0.394 e. The summed E-state index contributed by atoms with van der Waals surface area (Å²) in [6.07, 6.45) is 1.25. The van der Waals surface area contributed by atoms with Gasteiger partial charge in [-0.3, -0.25) is 0 Å². The van der Waals surface area contributed by atoms with E-state index in [-0.39, 0.29) is 12.7 Å². The van der Waals surface area contributed by atoms with Crippen molar-refractivity contribution in [2.75, 3.05) is 18.5 Å². The number of hydrogen-bond acceptors (Lipinski definition) is 4. The van der Waals surface area contributed by atoms with Crippen LogP contribution in [0.5, 0.6) is 0 Å². The molecule has 5 heteroatoms. The Bertz CT molecular complexity index is 351. The number of aliphatic hydroxyl groups excluding tert-OH is 1. The molecule has 2 unspecified atom stereocenters. The standard InChI is InChI=1S/C11H19N3O2/c1-8-7-11(14(13-8)4-5-15)12-10-3-6-16-9(10)2/h7,9-10,12,15H,3-6H2,1-2H3. The molecular formula is C11H19N3O2. The van der Waals surface area contributed by atoms with Crippen molar-refractivity contribution in [1.82, 2.24) is 9.78 Å². The van der Waals surface area contributed by atoms with Crippen molar-refractivity contribution in [3.8, 4) is 0 Å².